The SMILES string of the molecule is CC(N)Cc1ccc(OCP(=O)(O)Cc2ccccc2)cc1. The van der Waals surface area contributed by atoms with E-state index in [0.717, 1.165) is 17.5 Å². The molecule has 0 aromatic heterocycles. The summed E-state index contributed by atoms with van der Waals surface area (Å²) in [5.41, 5.74) is 7.71. The fraction of sp³-hybridized carbons (Fsp3) is 0.294. The number of nitrogens with two attached hydrogens (primary N) is 1. The number of hydrogen-bond donors (Lipinski definition) is 2. The molecule has 0 bridgehead atoms. The first-order valence-electron chi connectivity index (χ1n) is 7.27. The van der Waals surface area contributed by atoms with Crippen LogP contribution in [0.4, 0.5) is 0 Å². The van der Waals surface area contributed by atoms with Gasteiger partial charge in [-0.2, -0.15) is 0 Å². The third-order valence-electron chi connectivity index (χ3n) is 3.19. The molecule has 2 rings (SSSR count). The maximum atomic E-state index is 12.2. The molecule has 0 saturated heterocycles. The third kappa shape index (κ3) is 5.64. The van der Waals surface area contributed by atoms with Crippen molar-refractivity contribution in [1.29, 1.82) is 0 Å². The Balaban J connectivity index is 1.90. The molecular weight excluding hydrogens is 297 g/mol. The maximum Gasteiger partial charge on any atom is 0.241 e. The normalized spacial score (nSPS) is 15.0. The second kappa shape index (κ2) is 7.59. The van der Waals surface area contributed by atoms with E-state index in [4.69, 9.17) is 10.5 Å². The van der Waals surface area contributed by atoms with Gasteiger partial charge in [0.2, 0.25) is 7.37 Å². The monoisotopic (exact) mass is 319 g/mol. The lowest BCUT2D eigenvalue weighted by molar-refractivity contribution is 0.349. The highest BCUT2D eigenvalue weighted by atomic mass is 31.2. The van der Waals surface area contributed by atoms with Crippen LogP contribution in [0, 0.1) is 0 Å². The standard InChI is InChI=1S/C17H22NO3P/c1-14(18)11-15-7-9-17(10-8-15)21-13-22(19,20)12-16-5-3-2-4-6-16/h2-10,14H,11-13,18H2,1H3,(H,19,20). The van der Waals surface area contributed by atoms with Crippen molar-refractivity contribution in [3.05, 3.63) is 65.7 Å². The molecule has 0 saturated carbocycles. The molecule has 2 unspecified atom stereocenters. The lowest BCUT2D eigenvalue weighted by Crippen LogP contribution is -2.17. The molecule has 118 valence electrons. The molecule has 2 aromatic carbocycles. The van der Waals surface area contributed by atoms with Gasteiger partial charge in [-0.05, 0) is 36.6 Å². The summed E-state index contributed by atoms with van der Waals surface area (Å²) in [6.07, 6.45) is 0.734. The lowest BCUT2D eigenvalue weighted by Gasteiger charge is -2.13. The van der Waals surface area contributed by atoms with Crippen LogP contribution in [0.15, 0.2) is 54.6 Å². The Labute approximate surface area is 131 Å². The molecule has 0 amide bonds. The molecule has 3 N–H and O–H groups in total. The minimum absolute atomic E-state index is 0.107. The molecule has 0 spiro atoms. The molecule has 0 heterocycles. The Morgan fingerprint density at radius 2 is 1.73 bits per heavy atom. The summed E-state index contributed by atoms with van der Waals surface area (Å²) < 4.78 is 17.6. The van der Waals surface area contributed by atoms with Crippen molar-refractivity contribution in [3.8, 4) is 5.75 Å². The third-order valence-corrected chi connectivity index (χ3v) is 4.58. The van der Waals surface area contributed by atoms with E-state index in [1.165, 1.54) is 0 Å². The summed E-state index contributed by atoms with van der Waals surface area (Å²) in [6.45, 7) is 1.95. The van der Waals surface area contributed by atoms with Gasteiger partial charge in [0.1, 0.15) is 5.75 Å². The fourth-order valence-corrected chi connectivity index (χ4v) is 3.41. The second-order valence-electron chi connectivity index (χ2n) is 5.59. The minimum Gasteiger partial charge on any atom is -0.484 e. The van der Waals surface area contributed by atoms with Crippen LogP contribution in [-0.4, -0.2) is 17.3 Å². The van der Waals surface area contributed by atoms with Crippen molar-refractivity contribution in [2.45, 2.75) is 25.5 Å². The van der Waals surface area contributed by atoms with E-state index in [2.05, 4.69) is 0 Å². The van der Waals surface area contributed by atoms with Crippen LogP contribution in [0.3, 0.4) is 0 Å². The van der Waals surface area contributed by atoms with Crippen molar-refractivity contribution in [3.63, 3.8) is 0 Å². The average molecular weight is 319 g/mol. The van der Waals surface area contributed by atoms with Crippen molar-refractivity contribution >= 4 is 7.37 Å². The molecule has 0 fully saturated rings. The van der Waals surface area contributed by atoms with E-state index in [9.17, 15) is 9.46 Å². The molecule has 2 aromatic rings. The summed E-state index contributed by atoms with van der Waals surface area (Å²) in [4.78, 5) is 10.0. The number of hydrogen-bond acceptors (Lipinski definition) is 3. The van der Waals surface area contributed by atoms with Crippen LogP contribution in [-0.2, 0) is 17.1 Å². The van der Waals surface area contributed by atoms with Crippen LogP contribution in [0.2, 0.25) is 0 Å². The average Bonchev–Trinajstić information content (AvgIpc) is 2.47. The van der Waals surface area contributed by atoms with Gasteiger partial charge in [0.25, 0.3) is 0 Å². The first-order valence-corrected chi connectivity index (χ1v) is 9.30. The molecule has 0 aliphatic heterocycles. The summed E-state index contributed by atoms with van der Waals surface area (Å²) in [5, 5.41) is 0. The van der Waals surface area contributed by atoms with E-state index >= 15 is 0 Å². The van der Waals surface area contributed by atoms with Gasteiger partial charge in [-0.3, -0.25) is 4.57 Å². The van der Waals surface area contributed by atoms with E-state index in [1.54, 1.807) is 12.1 Å². The fourth-order valence-electron chi connectivity index (χ4n) is 2.18. The molecular formula is C17H22NO3P. The summed E-state index contributed by atoms with van der Waals surface area (Å²) in [5.74, 6) is 0.593. The maximum absolute atomic E-state index is 12.2. The molecule has 0 radical (unpaired) electrons. The zero-order chi connectivity index (χ0) is 16.0. The van der Waals surface area contributed by atoms with Crippen LogP contribution in [0.1, 0.15) is 18.1 Å². The predicted octanol–water partition coefficient (Wildman–Crippen LogP) is 3.38. The first-order chi connectivity index (χ1) is 10.4. The highest BCUT2D eigenvalue weighted by molar-refractivity contribution is 7.56. The van der Waals surface area contributed by atoms with Gasteiger partial charge < -0.3 is 15.4 Å². The minimum atomic E-state index is -3.36. The van der Waals surface area contributed by atoms with Crippen molar-refractivity contribution in [1.82, 2.24) is 0 Å². The van der Waals surface area contributed by atoms with E-state index in [1.807, 2.05) is 49.4 Å². The Kier molecular flexibility index (Phi) is 5.78. The Morgan fingerprint density at radius 3 is 2.32 bits per heavy atom. The van der Waals surface area contributed by atoms with Crippen molar-refractivity contribution in [2.24, 2.45) is 5.73 Å². The van der Waals surface area contributed by atoms with Crippen molar-refractivity contribution in [2.75, 3.05) is 6.35 Å². The molecule has 5 heteroatoms. The van der Waals surface area contributed by atoms with Gasteiger partial charge in [0.15, 0.2) is 6.35 Å². The van der Waals surface area contributed by atoms with Crippen LogP contribution < -0.4 is 10.5 Å². The van der Waals surface area contributed by atoms with Gasteiger partial charge in [-0.1, -0.05) is 42.5 Å². The Hall–Kier alpha value is -1.61. The Bertz CT molecular complexity index is 626. The smallest absolute Gasteiger partial charge is 0.241 e. The summed E-state index contributed by atoms with van der Waals surface area (Å²) in [6, 6.07) is 16.8. The number of rotatable bonds is 7. The zero-order valence-electron chi connectivity index (χ0n) is 12.7. The molecule has 4 nitrogen and oxygen atoms in total. The molecule has 22 heavy (non-hydrogen) atoms. The summed E-state index contributed by atoms with van der Waals surface area (Å²) >= 11 is 0. The summed E-state index contributed by atoms with van der Waals surface area (Å²) in [7, 11) is -3.36. The topological polar surface area (TPSA) is 72.5 Å². The van der Waals surface area contributed by atoms with Crippen molar-refractivity contribution < 1.29 is 14.2 Å². The molecule has 0 aliphatic rings. The van der Waals surface area contributed by atoms with Gasteiger partial charge >= 0.3 is 0 Å². The van der Waals surface area contributed by atoms with Gasteiger partial charge in [-0.15, -0.1) is 0 Å². The van der Waals surface area contributed by atoms with Gasteiger partial charge in [0, 0.05) is 6.04 Å². The van der Waals surface area contributed by atoms with E-state index < -0.39 is 7.37 Å². The zero-order valence-corrected chi connectivity index (χ0v) is 13.6. The van der Waals surface area contributed by atoms with Crippen LogP contribution in [0.25, 0.3) is 0 Å². The molecule has 0 aliphatic carbocycles. The van der Waals surface area contributed by atoms with Crippen LogP contribution in [0.5, 0.6) is 5.75 Å². The van der Waals surface area contributed by atoms with E-state index in [-0.39, 0.29) is 18.6 Å². The Morgan fingerprint density at radius 1 is 1.09 bits per heavy atom. The second-order valence-corrected chi connectivity index (χ2v) is 7.86. The number of ether oxygens (including phenoxy) is 1. The number of benzene rings is 2. The quantitative estimate of drug-likeness (QED) is 0.767. The van der Waals surface area contributed by atoms with Gasteiger partial charge in [-0.25, -0.2) is 0 Å². The van der Waals surface area contributed by atoms with E-state index in [0.29, 0.717) is 5.75 Å². The highest BCUT2D eigenvalue weighted by Crippen LogP contribution is 2.44. The molecule has 2 atom stereocenters. The predicted molar refractivity (Wildman–Crippen MR) is 89.3 cm³/mol. The largest absolute Gasteiger partial charge is 0.484 e. The highest BCUT2D eigenvalue weighted by Gasteiger charge is 2.20. The van der Waals surface area contributed by atoms with Crippen LogP contribution >= 0.6 is 7.37 Å². The van der Waals surface area contributed by atoms with Gasteiger partial charge in [0.05, 0.1) is 6.16 Å². The first kappa shape index (κ1) is 16.8. The lowest BCUT2D eigenvalue weighted by atomic mass is 10.1.